The molecule has 0 saturated heterocycles. The molecule has 2 nitrogen and oxygen atoms in total. The third-order valence-electron chi connectivity index (χ3n) is 1.95. The molecule has 1 aromatic heterocycles. The summed E-state index contributed by atoms with van der Waals surface area (Å²) in [7, 11) is 0. The van der Waals surface area contributed by atoms with E-state index >= 15 is 0 Å². The molecule has 2 aromatic rings. The maximum Gasteiger partial charge on any atom is 0.422 e. The van der Waals surface area contributed by atoms with Gasteiger partial charge in [-0.1, -0.05) is 6.07 Å². The molecule has 0 amide bonds. The fourth-order valence-corrected chi connectivity index (χ4v) is 1.34. The quantitative estimate of drug-likeness (QED) is 0.817. The largest absolute Gasteiger partial charge is 0.483 e. The number of benzene rings is 1. The lowest BCUT2D eigenvalue weighted by Gasteiger charge is -2.09. The Morgan fingerprint density at radius 1 is 1.20 bits per heavy atom. The SMILES string of the molecule is FC(F)(F)COc1cccc2[nH]ccc12. The normalized spacial score (nSPS) is 11.9. The number of rotatable bonds is 2. The van der Waals surface area contributed by atoms with Crippen LogP contribution in [0, 0.1) is 0 Å². The molecule has 0 aliphatic heterocycles. The summed E-state index contributed by atoms with van der Waals surface area (Å²) >= 11 is 0. The molecule has 0 aliphatic carbocycles. The van der Waals surface area contributed by atoms with E-state index in [9.17, 15) is 13.2 Å². The zero-order valence-corrected chi connectivity index (χ0v) is 7.64. The molecule has 0 atom stereocenters. The number of nitrogens with one attached hydrogen (secondary N) is 1. The summed E-state index contributed by atoms with van der Waals surface area (Å²) in [5.41, 5.74) is 0.759. The molecule has 0 fully saturated rings. The average molecular weight is 215 g/mol. The molecule has 0 saturated carbocycles. The minimum absolute atomic E-state index is 0.242. The van der Waals surface area contributed by atoms with Crippen LogP contribution in [0.4, 0.5) is 13.2 Å². The van der Waals surface area contributed by atoms with Gasteiger partial charge in [-0.15, -0.1) is 0 Å². The third kappa shape index (κ3) is 2.23. The van der Waals surface area contributed by atoms with Crippen molar-refractivity contribution in [3.05, 3.63) is 30.5 Å². The molecule has 0 spiro atoms. The van der Waals surface area contributed by atoms with Gasteiger partial charge < -0.3 is 9.72 Å². The van der Waals surface area contributed by atoms with Gasteiger partial charge in [0.15, 0.2) is 6.61 Å². The first-order valence-electron chi connectivity index (χ1n) is 4.32. The van der Waals surface area contributed by atoms with Crippen LogP contribution in [0.5, 0.6) is 5.75 Å². The molecule has 80 valence electrons. The number of halogens is 3. The van der Waals surface area contributed by atoms with Crippen LogP contribution in [0.3, 0.4) is 0 Å². The van der Waals surface area contributed by atoms with Crippen molar-refractivity contribution in [2.75, 3.05) is 6.61 Å². The lowest BCUT2D eigenvalue weighted by Crippen LogP contribution is -2.19. The molecule has 15 heavy (non-hydrogen) atoms. The van der Waals surface area contributed by atoms with E-state index in [1.54, 1.807) is 24.4 Å². The van der Waals surface area contributed by atoms with Gasteiger partial charge in [0.1, 0.15) is 5.75 Å². The van der Waals surface area contributed by atoms with E-state index in [2.05, 4.69) is 4.98 Å². The number of hydrogen-bond acceptors (Lipinski definition) is 1. The van der Waals surface area contributed by atoms with Gasteiger partial charge in [0.05, 0.1) is 0 Å². The molecular weight excluding hydrogens is 207 g/mol. The lowest BCUT2D eigenvalue weighted by atomic mass is 10.2. The Morgan fingerprint density at radius 3 is 2.73 bits per heavy atom. The van der Waals surface area contributed by atoms with Gasteiger partial charge in [0.2, 0.25) is 0 Å². The number of fused-ring (bicyclic) bond motifs is 1. The van der Waals surface area contributed by atoms with E-state index in [0.717, 1.165) is 5.52 Å². The average Bonchev–Trinajstić information content (AvgIpc) is 2.61. The molecular formula is C10H8F3NO. The lowest BCUT2D eigenvalue weighted by molar-refractivity contribution is -0.153. The van der Waals surface area contributed by atoms with E-state index in [4.69, 9.17) is 4.74 Å². The summed E-state index contributed by atoms with van der Waals surface area (Å²) < 4.78 is 40.5. The number of alkyl halides is 3. The maximum atomic E-state index is 11.9. The first-order chi connectivity index (χ1) is 7.06. The van der Waals surface area contributed by atoms with Gasteiger partial charge in [-0.2, -0.15) is 13.2 Å². The number of H-pyrrole nitrogens is 1. The van der Waals surface area contributed by atoms with E-state index in [-0.39, 0.29) is 5.75 Å². The number of hydrogen-bond donors (Lipinski definition) is 1. The molecule has 2 rings (SSSR count). The highest BCUT2D eigenvalue weighted by Crippen LogP contribution is 2.26. The van der Waals surface area contributed by atoms with E-state index < -0.39 is 12.8 Å². The summed E-state index contributed by atoms with van der Waals surface area (Å²) in [6.07, 6.45) is -2.65. The second-order valence-electron chi connectivity index (χ2n) is 3.10. The third-order valence-corrected chi connectivity index (χ3v) is 1.95. The van der Waals surface area contributed by atoms with Crippen molar-refractivity contribution in [1.82, 2.24) is 4.98 Å². The number of ether oxygens (including phenoxy) is 1. The van der Waals surface area contributed by atoms with Gasteiger partial charge in [-0.3, -0.25) is 0 Å². The van der Waals surface area contributed by atoms with Crippen LogP contribution in [0.15, 0.2) is 30.5 Å². The standard InChI is InChI=1S/C10H8F3NO/c11-10(12,13)6-15-9-3-1-2-8-7(9)4-5-14-8/h1-5,14H,6H2. The Morgan fingerprint density at radius 2 is 2.00 bits per heavy atom. The second-order valence-corrected chi connectivity index (χ2v) is 3.10. The highest BCUT2D eigenvalue weighted by Gasteiger charge is 2.28. The van der Waals surface area contributed by atoms with Crippen LogP contribution in [0.25, 0.3) is 10.9 Å². The van der Waals surface area contributed by atoms with Crippen molar-refractivity contribution < 1.29 is 17.9 Å². The van der Waals surface area contributed by atoms with Crippen molar-refractivity contribution in [2.45, 2.75) is 6.18 Å². The fraction of sp³-hybridized carbons (Fsp3) is 0.200. The zero-order valence-electron chi connectivity index (χ0n) is 7.64. The highest BCUT2D eigenvalue weighted by atomic mass is 19.4. The molecule has 0 unspecified atom stereocenters. The van der Waals surface area contributed by atoms with Crippen LogP contribution in [0.2, 0.25) is 0 Å². The predicted octanol–water partition coefficient (Wildman–Crippen LogP) is 3.11. The van der Waals surface area contributed by atoms with Gasteiger partial charge in [0, 0.05) is 17.1 Å². The fourth-order valence-electron chi connectivity index (χ4n) is 1.34. The second kappa shape index (κ2) is 3.49. The Bertz CT molecular complexity index is 461. The molecule has 1 N–H and O–H groups in total. The number of aromatic amines is 1. The minimum Gasteiger partial charge on any atom is -0.483 e. The van der Waals surface area contributed by atoms with Gasteiger partial charge in [-0.05, 0) is 18.2 Å². The van der Waals surface area contributed by atoms with Crippen LogP contribution in [0.1, 0.15) is 0 Å². The summed E-state index contributed by atoms with van der Waals surface area (Å²) in [6, 6.07) is 6.61. The molecule has 0 aliphatic rings. The van der Waals surface area contributed by atoms with E-state index in [1.807, 2.05) is 0 Å². The Balaban J connectivity index is 2.24. The van der Waals surface area contributed by atoms with Crippen molar-refractivity contribution in [3.8, 4) is 5.75 Å². The van der Waals surface area contributed by atoms with E-state index in [1.165, 1.54) is 6.07 Å². The summed E-state index contributed by atoms with van der Waals surface area (Å²) in [5, 5.41) is 0.654. The van der Waals surface area contributed by atoms with Crippen molar-refractivity contribution >= 4 is 10.9 Å². The van der Waals surface area contributed by atoms with E-state index in [0.29, 0.717) is 5.39 Å². The summed E-state index contributed by atoms with van der Waals surface area (Å²) in [4.78, 5) is 2.90. The van der Waals surface area contributed by atoms with Crippen molar-refractivity contribution in [3.63, 3.8) is 0 Å². The van der Waals surface area contributed by atoms with Crippen LogP contribution < -0.4 is 4.74 Å². The molecule has 5 heteroatoms. The Kier molecular flexibility index (Phi) is 2.30. The maximum absolute atomic E-state index is 11.9. The van der Waals surface area contributed by atoms with Crippen molar-refractivity contribution in [1.29, 1.82) is 0 Å². The molecule has 1 aromatic carbocycles. The van der Waals surface area contributed by atoms with Crippen molar-refractivity contribution in [2.24, 2.45) is 0 Å². The highest BCUT2D eigenvalue weighted by molar-refractivity contribution is 5.85. The van der Waals surface area contributed by atoms with Crippen LogP contribution in [-0.4, -0.2) is 17.8 Å². The summed E-state index contributed by atoms with van der Waals surface area (Å²) in [6.45, 7) is -1.27. The van der Waals surface area contributed by atoms with Gasteiger partial charge in [-0.25, -0.2) is 0 Å². The summed E-state index contributed by atoms with van der Waals surface area (Å²) in [5.74, 6) is 0.242. The first-order valence-corrected chi connectivity index (χ1v) is 4.32. The molecule has 1 heterocycles. The topological polar surface area (TPSA) is 25.0 Å². The first kappa shape index (κ1) is 9.89. The minimum atomic E-state index is -4.31. The van der Waals surface area contributed by atoms with Gasteiger partial charge in [0.25, 0.3) is 0 Å². The molecule has 0 bridgehead atoms. The molecule has 0 radical (unpaired) electrons. The van der Waals surface area contributed by atoms with Gasteiger partial charge >= 0.3 is 6.18 Å². The Hall–Kier alpha value is -1.65. The Labute approximate surface area is 83.7 Å². The number of aromatic nitrogens is 1. The monoisotopic (exact) mass is 215 g/mol. The smallest absolute Gasteiger partial charge is 0.422 e. The van der Waals surface area contributed by atoms with Crippen LogP contribution >= 0.6 is 0 Å². The predicted molar refractivity (Wildman–Crippen MR) is 49.8 cm³/mol. The van der Waals surface area contributed by atoms with Crippen LogP contribution in [-0.2, 0) is 0 Å². The zero-order chi connectivity index (χ0) is 10.9.